The highest BCUT2D eigenvalue weighted by Gasteiger charge is 2.15. The number of amides is 1. The van der Waals surface area contributed by atoms with Gasteiger partial charge in [-0.15, -0.1) is 0 Å². The molecule has 0 aliphatic rings. The third-order valence-electron chi connectivity index (χ3n) is 2.61. The van der Waals surface area contributed by atoms with E-state index in [9.17, 15) is 4.79 Å². The first-order chi connectivity index (χ1) is 9.08. The SMILES string of the molecule is CCn1cc(N[C@@H](C)C(=O)Nc2cc(C)no2)cn1. The fraction of sp³-hybridized carbons (Fsp3) is 0.417. The molecule has 2 aromatic heterocycles. The van der Waals surface area contributed by atoms with Crippen LogP contribution in [0.5, 0.6) is 0 Å². The Labute approximate surface area is 111 Å². The molecule has 19 heavy (non-hydrogen) atoms. The molecule has 0 unspecified atom stereocenters. The first-order valence-electron chi connectivity index (χ1n) is 6.11. The van der Waals surface area contributed by atoms with Crippen molar-refractivity contribution in [2.45, 2.75) is 33.4 Å². The maximum Gasteiger partial charge on any atom is 0.248 e. The van der Waals surface area contributed by atoms with Crippen LogP contribution < -0.4 is 10.6 Å². The van der Waals surface area contributed by atoms with E-state index in [0.29, 0.717) is 5.88 Å². The van der Waals surface area contributed by atoms with Gasteiger partial charge in [-0.05, 0) is 20.8 Å². The summed E-state index contributed by atoms with van der Waals surface area (Å²) in [6.07, 6.45) is 3.54. The van der Waals surface area contributed by atoms with E-state index >= 15 is 0 Å². The molecule has 102 valence electrons. The summed E-state index contributed by atoms with van der Waals surface area (Å²) in [6, 6.07) is 1.26. The van der Waals surface area contributed by atoms with Crippen molar-refractivity contribution in [1.29, 1.82) is 0 Å². The van der Waals surface area contributed by atoms with Gasteiger partial charge in [0.1, 0.15) is 6.04 Å². The zero-order valence-corrected chi connectivity index (χ0v) is 11.2. The van der Waals surface area contributed by atoms with Gasteiger partial charge in [-0.3, -0.25) is 14.8 Å². The molecular formula is C12H17N5O2. The van der Waals surface area contributed by atoms with Gasteiger partial charge in [0.05, 0.1) is 17.6 Å². The average molecular weight is 263 g/mol. The van der Waals surface area contributed by atoms with Crippen molar-refractivity contribution >= 4 is 17.5 Å². The lowest BCUT2D eigenvalue weighted by molar-refractivity contribution is -0.116. The van der Waals surface area contributed by atoms with Gasteiger partial charge in [0.2, 0.25) is 11.8 Å². The van der Waals surface area contributed by atoms with Crippen LogP contribution in [-0.2, 0) is 11.3 Å². The van der Waals surface area contributed by atoms with Gasteiger partial charge in [-0.2, -0.15) is 5.10 Å². The number of hydrogen-bond donors (Lipinski definition) is 2. The standard InChI is InChI=1S/C12H17N5O2/c1-4-17-7-10(6-13-17)14-9(3)12(18)15-11-5-8(2)16-19-11/h5-7,9,14H,4H2,1-3H3,(H,15,18)/t9-/m0/s1. The number of aromatic nitrogens is 3. The highest BCUT2D eigenvalue weighted by molar-refractivity contribution is 5.95. The summed E-state index contributed by atoms with van der Waals surface area (Å²) < 4.78 is 6.72. The minimum atomic E-state index is -0.403. The fourth-order valence-corrected chi connectivity index (χ4v) is 1.58. The Hall–Kier alpha value is -2.31. The lowest BCUT2D eigenvalue weighted by atomic mass is 10.3. The topological polar surface area (TPSA) is 85.0 Å². The van der Waals surface area contributed by atoms with Crippen molar-refractivity contribution in [3.8, 4) is 0 Å². The molecule has 0 fully saturated rings. The number of rotatable bonds is 5. The van der Waals surface area contributed by atoms with Gasteiger partial charge in [0.25, 0.3) is 0 Å². The lowest BCUT2D eigenvalue weighted by Gasteiger charge is -2.12. The largest absolute Gasteiger partial charge is 0.371 e. The molecule has 0 aliphatic heterocycles. The van der Waals surface area contributed by atoms with Crippen LogP contribution in [-0.4, -0.2) is 26.9 Å². The number of nitrogens with one attached hydrogen (secondary N) is 2. The fourth-order valence-electron chi connectivity index (χ4n) is 1.58. The third-order valence-corrected chi connectivity index (χ3v) is 2.61. The molecule has 1 atom stereocenters. The van der Waals surface area contributed by atoms with Crippen molar-refractivity contribution in [1.82, 2.24) is 14.9 Å². The van der Waals surface area contributed by atoms with Crippen LogP contribution in [0.2, 0.25) is 0 Å². The molecule has 0 spiro atoms. The van der Waals surface area contributed by atoms with Crippen LogP contribution in [0.25, 0.3) is 0 Å². The second-order valence-corrected chi connectivity index (χ2v) is 4.27. The summed E-state index contributed by atoms with van der Waals surface area (Å²) in [4.78, 5) is 11.9. The van der Waals surface area contributed by atoms with Crippen molar-refractivity contribution in [3.05, 3.63) is 24.2 Å². The van der Waals surface area contributed by atoms with Crippen molar-refractivity contribution in [2.75, 3.05) is 10.6 Å². The molecule has 0 saturated heterocycles. The number of aryl methyl sites for hydroxylation is 2. The van der Waals surface area contributed by atoms with Crippen LogP contribution in [0, 0.1) is 6.92 Å². The quantitative estimate of drug-likeness (QED) is 0.856. The first kappa shape index (κ1) is 13.1. The smallest absolute Gasteiger partial charge is 0.248 e. The van der Waals surface area contributed by atoms with E-state index in [1.165, 1.54) is 0 Å². The molecular weight excluding hydrogens is 246 g/mol. The van der Waals surface area contributed by atoms with E-state index in [1.54, 1.807) is 30.8 Å². The Morgan fingerprint density at radius 2 is 2.37 bits per heavy atom. The number of hydrogen-bond acceptors (Lipinski definition) is 5. The van der Waals surface area contributed by atoms with Crippen molar-refractivity contribution < 1.29 is 9.32 Å². The van der Waals surface area contributed by atoms with E-state index in [-0.39, 0.29) is 5.91 Å². The number of carbonyl (C=O) groups excluding carboxylic acids is 1. The predicted molar refractivity (Wildman–Crippen MR) is 70.9 cm³/mol. The maximum absolute atomic E-state index is 11.9. The molecule has 2 rings (SSSR count). The van der Waals surface area contributed by atoms with Gasteiger partial charge < -0.3 is 9.84 Å². The Morgan fingerprint density at radius 3 is 2.95 bits per heavy atom. The molecule has 2 heterocycles. The predicted octanol–water partition coefficient (Wildman–Crippen LogP) is 1.64. The molecule has 0 aromatic carbocycles. The summed E-state index contributed by atoms with van der Waals surface area (Å²) in [6.45, 7) is 6.35. The van der Waals surface area contributed by atoms with Gasteiger partial charge in [0, 0.05) is 18.8 Å². The van der Waals surface area contributed by atoms with E-state index < -0.39 is 6.04 Å². The molecule has 7 nitrogen and oxygen atoms in total. The Morgan fingerprint density at radius 1 is 1.58 bits per heavy atom. The summed E-state index contributed by atoms with van der Waals surface area (Å²) in [5.74, 6) is 0.154. The van der Waals surface area contributed by atoms with Gasteiger partial charge in [0.15, 0.2) is 0 Å². The number of anilines is 2. The van der Waals surface area contributed by atoms with Crippen LogP contribution >= 0.6 is 0 Å². The molecule has 7 heteroatoms. The molecule has 0 aliphatic carbocycles. The molecule has 0 saturated carbocycles. The Balaban J connectivity index is 1.91. The average Bonchev–Trinajstić information content (AvgIpc) is 2.98. The number of nitrogens with zero attached hydrogens (tertiary/aromatic N) is 3. The van der Waals surface area contributed by atoms with Crippen LogP contribution in [0.1, 0.15) is 19.5 Å². The molecule has 0 bridgehead atoms. The normalized spacial score (nSPS) is 12.2. The maximum atomic E-state index is 11.9. The zero-order chi connectivity index (χ0) is 13.8. The second kappa shape index (κ2) is 5.55. The van der Waals surface area contributed by atoms with Gasteiger partial charge in [-0.25, -0.2) is 0 Å². The highest BCUT2D eigenvalue weighted by Crippen LogP contribution is 2.11. The van der Waals surface area contributed by atoms with Crippen LogP contribution in [0.3, 0.4) is 0 Å². The van der Waals surface area contributed by atoms with Crippen molar-refractivity contribution in [2.24, 2.45) is 0 Å². The molecule has 0 radical (unpaired) electrons. The Bertz CT molecular complexity index is 560. The first-order valence-corrected chi connectivity index (χ1v) is 6.11. The minimum absolute atomic E-state index is 0.194. The van der Waals surface area contributed by atoms with E-state index in [0.717, 1.165) is 17.9 Å². The highest BCUT2D eigenvalue weighted by atomic mass is 16.5. The summed E-state index contributed by atoms with van der Waals surface area (Å²) >= 11 is 0. The van der Waals surface area contributed by atoms with Gasteiger partial charge >= 0.3 is 0 Å². The lowest BCUT2D eigenvalue weighted by Crippen LogP contribution is -2.31. The van der Waals surface area contributed by atoms with Gasteiger partial charge in [-0.1, -0.05) is 5.16 Å². The summed E-state index contributed by atoms with van der Waals surface area (Å²) in [5, 5.41) is 13.5. The summed E-state index contributed by atoms with van der Waals surface area (Å²) in [5.41, 5.74) is 1.53. The van der Waals surface area contributed by atoms with E-state index in [2.05, 4.69) is 20.9 Å². The molecule has 2 N–H and O–H groups in total. The third kappa shape index (κ3) is 3.34. The van der Waals surface area contributed by atoms with E-state index in [1.807, 2.05) is 13.1 Å². The monoisotopic (exact) mass is 263 g/mol. The number of carbonyl (C=O) groups is 1. The van der Waals surface area contributed by atoms with Crippen LogP contribution in [0.15, 0.2) is 23.0 Å². The second-order valence-electron chi connectivity index (χ2n) is 4.27. The molecule has 2 aromatic rings. The van der Waals surface area contributed by atoms with Crippen molar-refractivity contribution in [3.63, 3.8) is 0 Å². The van der Waals surface area contributed by atoms with Crippen LogP contribution in [0.4, 0.5) is 11.6 Å². The zero-order valence-electron chi connectivity index (χ0n) is 11.2. The molecule has 1 amide bonds. The summed E-state index contributed by atoms with van der Waals surface area (Å²) in [7, 11) is 0. The minimum Gasteiger partial charge on any atom is -0.371 e. The Kier molecular flexibility index (Phi) is 3.84. The van der Waals surface area contributed by atoms with E-state index in [4.69, 9.17) is 4.52 Å².